The number of hydrogen-bond donors (Lipinski definition) is 0. The molecule has 0 aliphatic carbocycles. The molecule has 130 valence electrons. The summed E-state index contributed by atoms with van der Waals surface area (Å²) in [4.78, 5) is 0. The van der Waals surface area contributed by atoms with Crippen LogP contribution in [0.5, 0.6) is 0 Å². The zero-order chi connectivity index (χ0) is 16.2. The fourth-order valence-electron chi connectivity index (χ4n) is 2.87. The van der Waals surface area contributed by atoms with Gasteiger partial charge in [0.25, 0.3) is 0 Å². The molecule has 0 atom stereocenters. The van der Waals surface area contributed by atoms with Gasteiger partial charge < -0.3 is 0 Å². The standard InChI is InChI=1S/2C11H17.Fe/c2*1-3-5-10-7-8-11(9-10)6-4-2;/h2*7-9H,3-6H2,1-2H3;/q2*-1;+2. The summed E-state index contributed by atoms with van der Waals surface area (Å²) in [6.45, 7) is 8.91. The molecule has 0 nitrogen and oxygen atoms in total. The van der Waals surface area contributed by atoms with Gasteiger partial charge in [-0.25, -0.2) is 12.1 Å². The second-order valence-electron chi connectivity index (χ2n) is 6.26. The molecular weight excluding hydrogens is 320 g/mol. The zero-order valence-electron chi connectivity index (χ0n) is 15.5. The summed E-state index contributed by atoms with van der Waals surface area (Å²) in [5.74, 6) is 0. The first-order chi connectivity index (χ1) is 10.7. The van der Waals surface area contributed by atoms with Crippen molar-refractivity contribution in [1.29, 1.82) is 0 Å². The van der Waals surface area contributed by atoms with E-state index in [-0.39, 0.29) is 17.1 Å². The van der Waals surface area contributed by atoms with E-state index in [2.05, 4.69) is 64.1 Å². The van der Waals surface area contributed by atoms with Crippen LogP contribution in [0.1, 0.15) is 75.6 Å². The van der Waals surface area contributed by atoms with Crippen LogP contribution in [0.2, 0.25) is 0 Å². The fourth-order valence-corrected chi connectivity index (χ4v) is 2.87. The normalized spacial score (nSPS) is 9.91. The molecule has 0 saturated carbocycles. The van der Waals surface area contributed by atoms with Crippen LogP contribution in [0.4, 0.5) is 0 Å². The van der Waals surface area contributed by atoms with Crippen molar-refractivity contribution in [3.8, 4) is 0 Å². The van der Waals surface area contributed by atoms with Gasteiger partial charge in [0.2, 0.25) is 0 Å². The Bertz CT molecular complexity index is 402. The van der Waals surface area contributed by atoms with Crippen LogP contribution >= 0.6 is 0 Å². The minimum atomic E-state index is 0. The molecule has 0 unspecified atom stereocenters. The zero-order valence-corrected chi connectivity index (χ0v) is 16.6. The Kier molecular flexibility index (Phi) is 13.2. The molecule has 0 bridgehead atoms. The van der Waals surface area contributed by atoms with Gasteiger partial charge in [0, 0.05) is 0 Å². The van der Waals surface area contributed by atoms with E-state index in [4.69, 9.17) is 0 Å². The summed E-state index contributed by atoms with van der Waals surface area (Å²) in [6, 6.07) is 13.7. The van der Waals surface area contributed by atoms with Crippen LogP contribution in [0.15, 0.2) is 36.4 Å². The molecule has 0 amide bonds. The molecule has 23 heavy (non-hydrogen) atoms. The average molecular weight is 354 g/mol. The second kappa shape index (κ2) is 13.6. The van der Waals surface area contributed by atoms with Gasteiger partial charge in [0.05, 0.1) is 0 Å². The number of rotatable bonds is 8. The molecule has 2 aromatic rings. The molecule has 2 aromatic carbocycles. The Labute approximate surface area is 154 Å². The predicted molar refractivity (Wildman–Crippen MR) is 100 cm³/mol. The molecule has 0 radical (unpaired) electrons. The third-order valence-electron chi connectivity index (χ3n) is 3.92. The maximum Gasteiger partial charge on any atom is 2.00 e. The van der Waals surface area contributed by atoms with Crippen LogP contribution in [-0.2, 0) is 42.8 Å². The quantitative estimate of drug-likeness (QED) is 0.369. The van der Waals surface area contributed by atoms with Crippen molar-refractivity contribution >= 4 is 0 Å². The Morgan fingerprint density at radius 2 is 1.52 bits per heavy atom. The van der Waals surface area contributed by atoms with Crippen LogP contribution in [0.3, 0.4) is 0 Å². The Morgan fingerprint density at radius 1 is 0.870 bits per heavy atom. The topological polar surface area (TPSA) is 0 Å². The van der Waals surface area contributed by atoms with Gasteiger partial charge in [0.1, 0.15) is 0 Å². The van der Waals surface area contributed by atoms with Crippen molar-refractivity contribution in [2.24, 2.45) is 0 Å². The average Bonchev–Trinajstić information content (AvgIpc) is 3.12. The second-order valence-corrected chi connectivity index (χ2v) is 6.26. The first kappa shape index (κ1) is 22.2. The van der Waals surface area contributed by atoms with Gasteiger partial charge in [-0.05, 0) is 0 Å². The smallest absolute Gasteiger partial charge is 0.210 e. The van der Waals surface area contributed by atoms with E-state index in [0.29, 0.717) is 0 Å². The van der Waals surface area contributed by atoms with E-state index in [1.807, 2.05) is 0 Å². The van der Waals surface area contributed by atoms with E-state index in [9.17, 15) is 0 Å². The fraction of sp³-hybridized carbons (Fsp3) is 0.545. The summed E-state index contributed by atoms with van der Waals surface area (Å²) >= 11 is 0. The van der Waals surface area contributed by atoms with Crippen molar-refractivity contribution in [3.05, 3.63) is 58.7 Å². The first-order valence-corrected chi connectivity index (χ1v) is 9.22. The number of hydrogen-bond acceptors (Lipinski definition) is 0. The van der Waals surface area contributed by atoms with E-state index in [1.165, 1.54) is 73.6 Å². The molecule has 0 aromatic heterocycles. The Hall–Kier alpha value is -0.781. The predicted octanol–water partition coefficient (Wildman–Crippen LogP) is 6.62. The molecule has 0 saturated heterocycles. The van der Waals surface area contributed by atoms with Crippen LogP contribution in [-0.4, -0.2) is 0 Å². The van der Waals surface area contributed by atoms with Crippen molar-refractivity contribution in [3.63, 3.8) is 0 Å². The maximum absolute atomic E-state index is 2.34. The van der Waals surface area contributed by atoms with E-state index in [0.717, 1.165) is 0 Å². The summed E-state index contributed by atoms with van der Waals surface area (Å²) in [5, 5.41) is 0. The summed E-state index contributed by atoms with van der Waals surface area (Å²) in [5.41, 5.74) is 6.04. The summed E-state index contributed by atoms with van der Waals surface area (Å²) in [6.07, 6.45) is 10.00. The molecular formula is C22H34Fe. The van der Waals surface area contributed by atoms with Gasteiger partial charge >= 0.3 is 17.1 Å². The molecule has 0 aliphatic rings. The maximum atomic E-state index is 2.34. The molecule has 0 heterocycles. The van der Waals surface area contributed by atoms with Gasteiger partial charge in [-0.2, -0.15) is 46.5 Å². The Morgan fingerprint density at radius 3 is 2.13 bits per heavy atom. The van der Waals surface area contributed by atoms with E-state index < -0.39 is 0 Å². The van der Waals surface area contributed by atoms with Gasteiger partial charge in [-0.15, -0.1) is 0 Å². The van der Waals surface area contributed by atoms with Crippen LogP contribution in [0.25, 0.3) is 0 Å². The van der Waals surface area contributed by atoms with Crippen molar-refractivity contribution in [2.75, 3.05) is 0 Å². The van der Waals surface area contributed by atoms with Gasteiger partial charge in [-0.3, -0.25) is 0 Å². The van der Waals surface area contributed by atoms with Crippen LogP contribution in [0, 0.1) is 0 Å². The van der Waals surface area contributed by atoms with Crippen molar-refractivity contribution in [1.82, 2.24) is 0 Å². The van der Waals surface area contributed by atoms with Crippen LogP contribution < -0.4 is 0 Å². The molecule has 2 rings (SSSR count). The third-order valence-corrected chi connectivity index (χ3v) is 3.92. The van der Waals surface area contributed by atoms with Gasteiger partial charge in [0.15, 0.2) is 0 Å². The molecule has 0 fully saturated rings. The largest absolute Gasteiger partial charge is 2.00 e. The molecule has 0 N–H and O–H groups in total. The van der Waals surface area contributed by atoms with Crippen molar-refractivity contribution < 1.29 is 17.1 Å². The Balaban J connectivity index is 0.000000403. The molecule has 1 heteroatoms. The summed E-state index contributed by atoms with van der Waals surface area (Å²) < 4.78 is 0. The summed E-state index contributed by atoms with van der Waals surface area (Å²) in [7, 11) is 0. The minimum Gasteiger partial charge on any atom is -0.210 e. The first-order valence-electron chi connectivity index (χ1n) is 9.22. The SMILES string of the molecule is CCCc1c[cH-]c(CCC)c1.CCCc1cc[c-](CCC)c1.[Fe+2]. The molecule has 0 spiro atoms. The van der Waals surface area contributed by atoms with E-state index in [1.54, 1.807) is 0 Å². The minimum absolute atomic E-state index is 0. The number of aryl methyl sites for hydroxylation is 4. The third kappa shape index (κ3) is 9.18. The monoisotopic (exact) mass is 354 g/mol. The van der Waals surface area contributed by atoms with E-state index >= 15 is 0 Å². The van der Waals surface area contributed by atoms with Gasteiger partial charge in [-0.1, -0.05) is 79.1 Å². The van der Waals surface area contributed by atoms with Crippen molar-refractivity contribution in [2.45, 2.75) is 79.1 Å². The molecule has 0 aliphatic heterocycles.